The van der Waals surface area contributed by atoms with Gasteiger partial charge in [-0.2, -0.15) is 0 Å². The van der Waals surface area contributed by atoms with E-state index >= 15 is 0 Å². The number of imidazole rings is 1. The molecule has 1 fully saturated rings. The molecule has 3 N–H and O–H groups in total. The lowest BCUT2D eigenvalue weighted by molar-refractivity contribution is 0.234. The third kappa shape index (κ3) is 7.87. The van der Waals surface area contributed by atoms with Crippen molar-refractivity contribution < 1.29 is 23.1 Å². The number of nitrogens with zero attached hydrogens (tertiary/aromatic N) is 2. The lowest BCUT2D eigenvalue weighted by atomic mass is 9.86. The third-order valence-electron chi connectivity index (χ3n) is 6.42. The van der Waals surface area contributed by atoms with E-state index < -0.39 is 9.84 Å². The number of benzene rings is 2. The number of rotatable bonds is 9. The molecule has 0 radical (unpaired) electrons. The number of carbonyl (C=O) groups is 1. The van der Waals surface area contributed by atoms with Crippen molar-refractivity contribution in [3.05, 3.63) is 60.0 Å². The van der Waals surface area contributed by atoms with Crippen molar-refractivity contribution >= 4 is 33.2 Å². The van der Waals surface area contributed by atoms with E-state index in [0.29, 0.717) is 27.9 Å². The number of hydrogen-bond acceptors (Lipinski definition) is 6. The molecule has 1 heterocycles. The predicted octanol–water partition coefficient (Wildman–Crippen LogP) is 4.71. The second kappa shape index (κ2) is 11.9. The molecule has 0 spiro atoms. The Labute approximate surface area is 221 Å². The summed E-state index contributed by atoms with van der Waals surface area (Å²) in [6.07, 6.45) is 8.34. The quantitative estimate of drug-likeness (QED) is 0.357. The standard InChI is InChI=1S/C26H31ClN4O5S/c1-37(34,35)13-12-36-22-9-7-21(8-10-22)30-26(33)29-20-5-2-18(3-6-20)16-31-17-28-15-24(31)23-14-19(27)4-11-25(23)32/h4,7-11,14-15,17-18,20,32H,2-3,5-6,12-13,16H2,1H3,(H2,29,30,33). The van der Waals surface area contributed by atoms with Gasteiger partial charge in [-0.3, -0.25) is 0 Å². The lowest BCUT2D eigenvalue weighted by Gasteiger charge is -2.29. The van der Waals surface area contributed by atoms with Gasteiger partial charge in [0.25, 0.3) is 0 Å². The van der Waals surface area contributed by atoms with Crippen LogP contribution >= 0.6 is 11.6 Å². The lowest BCUT2D eigenvalue weighted by Crippen LogP contribution is -2.40. The number of phenolic OH excluding ortho intramolecular Hbond substituents is 1. The topological polar surface area (TPSA) is 123 Å². The van der Waals surface area contributed by atoms with Gasteiger partial charge in [-0.05, 0) is 74.1 Å². The Morgan fingerprint density at radius 1 is 1.16 bits per heavy atom. The first-order valence-electron chi connectivity index (χ1n) is 12.1. The van der Waals surface area contributed by atoms with Crippen molar-refractivity contribution in [2.45, 2.75) is 38.3 Å². The number of carbonyl (C=O) groups excluding carboxylic acids is 1. The number of ether oxygens (including phenoxy) is 1. The second-order valence-electron chi connectivity index (χ2n) is 9.41. The zero-order valence-electron chi connectivity index (χ0n) is 20.6. The van der Waals surface area contributed by atoms with Gasteiger partial charge in [-0.1, -0.05) is 11.6 Å². The molecule has 0 saturated heterocycles. The monoisotopic (exact) mass is 546 g/mol. The molecule has 4 rings (SSSR count). The number of nitrogens with one attached hydrogen (secondary N) is 2. The van der Waals surface area contributed by atoms with Gasteiger partial charge in [-0.15, -0.1) is 0 Å². The molecule has 0 aliphatic heterocycles. The van der Waals surface area contributed by atoms with Crippen molar-refractivity contribution in [2.24, 2.45) is 5.92 Å². The van der Waals surface area contributed by atoms with Gasteiger partial charge >= 0.3 is 6.03 Å². The number of amides is 2. The third-order valence-corrected chi connectivity index (χ3v) is 7.56. The molecule has 3 aromatic rings. The van der Waals surface area contributed by atoms with Crippen molar-refractivity contribution in [1.82, 2.24) is 14.9 Å². The maximum absolute atomic E-state index is 12.5. The Balaban J connectivity index is 1.22. The number of hydrogen-bond donors (Lipinski definition) is 3. The molecule has 11 heteroatoms. The van der Waals surface area contributed by atoms with Crippen LogP contribution in [0.4, 0.5) is 10.5 Å². The molecule has 2 aromatic carbocycles. The Bertz CT molecular complexity index is 1320. The summed E-state index contributed by atoms with van der Waals surface area (Å²) in [6, 6.07) is 11.6. The number of phenols is 1. The highest BCUT2D eigenvalue weighted by Crippen LogP contribution is 2.33. The Kier molecular flexibility index (Phi) is 8.60. The summed E-state index contributed by atoms with van der Waals surface area (Å²) < 4.78 is 29.8. The van der Waals surface area contributed by atoms with E-state index in [1.54, 1.807) is 55.0 Å². The molecular formula is C26H31ClN4O5S. The Hall–Kier alpha value is -3.24. The van der Waals surface area contributed by atoms with Gasteiger partial charge < -0.3 is 25.0 Å². The highest BCUT2D eigenvalue weighted by Gasteiger charge is 2.24. The first-order valence-corrected chi connectivity index (χ1v) is 14.6. The molecule has 0 unspecified atom stereocenters. The minimum atomic E-state index is -3.07. The maximum Gasteiger partial charge on any atom is 0.319 e. The average molecular weight is 547 g/mol. The molecule has 9 nitrogen and oxygen atoms in total. The van der Waals surface area contributed by atoms with Gasteiger partial charge in [0, 0.05) is 35.1 Å². The average Bonchev–Trinajstić information content (AvgIpc) is 3.30. The summed E-state index contributed by atoms with van der Waals surface area (Å²) in [7, 11) is -3.07. The van der Waals surface area contributed by atoms with Crippen LogP contribution in [0.25, 0.3) is 11.3 Å². The summed E-state index contributed by atoms with van der Waals surface area (Å²) >= 11 is 6.12. The van der Waals surface area contributed by atoms with Gasteiger partial charge in [0.05, 0.1) is 24.0 Å². The number of aromatic hydroxyl groups is 1. The van der Waals surface area contributed by atoms with E-state index in [2.05, 4.69) is 15.6 Å². The van der Waals surface area contributed by atoms with Crippen LogP contribution in [0, 0.1) is 5.92 Å². The van der Waals surface area contributed by atoms with Gasteiger partial charge in [-0.25, -0.2) is 18.2 Å². The van der Waals surface area contributed by atoms with E-state index in [4.69, 9.17) is 16.3 Å². The van der Waals surface area contributed by atoms with E-state index in [0.717, 1.165) is 37.9 Å². The minimum absolute atomic E-state index is 0.0490. The molecular weight excluding hydrogens is 516 g/mol. The SMILES string of the molecule is CS(=O)(=O)CCOc1ccc(NC(=O)NC2CCC(Cn3cncc3-c3cc(Cl)ccc3O)CC2)cc1. The molecule has 0 atom stereocenters. The largest absolute Gasteiger partial charge is 0.507 e. The molecule has 1 aliphatic rings. The van der Waals surface area contributed by atoms with Crippen LogP contribution in [-0.2, 0) is 16.4 Å². The molecule has 198 valence electrons. The summed E-state index contributed by atoms with van der Waals surface area (Å²) in [5.41, 5.74) is 2.11. The van der Waals surface area contributed by atoms with Gasteiger partial charge in [0.15, 0.2) is 9.84 Å². The number of aromatic nitrogens is 2. The number of sulfone groups is 1. The zero-order chi connectivity index (χ0) is 26.4. The highest BCUT2D eigenvalue weighted by atomic mass is 35.5. The normalized spacial score (nSPS) is 17.8. The predicted molar refractivity (Wildman–Crippen MR) is 144 cm³/mol. The fourth-order valence-electron chi connectivity index (χ4n) is 4.47. The number of anilines is 1. The summed E-state index contributed by atoms with van der Waals surface area (Å²) in [5, 5.41) is 16.7. The second-order valence-corrected chi connectivity index (χ2v) is 12.1. The highest BCUT2D eigenvalue weighted by molar-refractivity contribution is 7.90. The number of urea groups is 1. The van der Waals surface area contributed by atoms with Crippen LogP contribution in [0.1, 0.15) is 25.7 Å². The van der Waals surface area contributed by atoms with Crippen molar-refractivity contribution in [2.75, 3.05) is 23.9 Å². The van der Waals surface area contributed by atoms with E-state index in [9.17, 15) is 18.3 Å². The van der Waals surface area contributed by atoms with Crippen molar-refractivity contribution in [3.63, 3.8) is 0 Å². The minimum Gasteiger partial charge on any atom is -0.507 e. The molecule has 1 aliphatic carbocycles. The van der Waals surface area contributed by atoms with Crippen molar-refractivity contribution in [3.8, 4) is 22.8 Å². The smallest absolute Gasteiger partial charge is 0.319 e. The van der Waals surface area contributed by atoms with Crippen LogP contribution < -0.4 is 15.4 Å². The van der Waals surface area contributed by atoms with E-state index in [1.807, 2.05) is 4.57 Å². The maximum atomic E-state index is 12.5. The summed E-state index contributed by atoms with van der Waals surface area (Å²) in [6.45, 7) is 0.860. The summed E-state index contributed by atoms with van der Waals surface area (Å²) in [4.78, 5) is 16.7. The molecule has 1 aromatic heterocycles. The molecule has 2 amide bonds. The first kappa shape index (κ1) is 26.8. The first-order chi connectivity index (χ1) is 17.7. The molecule has 37 heavy (non-hydrogen) atoms. The van der Waals surface area contributed by atoms with Crippen LogP contribution in [0.3, 0.4) is 0 Å². The fraction of sp³-hybridized carbons (Fsp3) is 0.385. The van der Waals surface area contributed by atoms with Gasteiger partial charge in [0.2, 0.25) is 0 Å². The van der Waals surface area contributed by atoms with Crippen molar-refractivity contribution in [1.29, 1.82) is 0 Å². The number of halogens is 1. The Morgan fingerprint density at radius 2 is 1.89 bits per heavy atom. The van der Waals surface area contributed by atoms with Crippen LogP contribution in [0.2, 0.25) is 5.02 Å². The molecule has 1 saturated carbocycles. The fourth-order valence-corrected chi connectivity index (χ4v) is 5.03. The van der Waals surface area contributed by atoms with Crippen LogP contribution in [0.15, 0.2) is 55.0 Å². The van der Waals surface area contributed by atoms with Crippen LogP contribution in [-0.4, -0.2) is 53.8 Å². The Morgan fingerprint density at radius 3 is 2.59 bits per heavy atom. The summed E-state index contributed by atoms with van der Waals surface area (Å²) in [5.74, 6) is 1.09. The van der Waals surface area contributed by atoms with Gasteiger partial charge in [0.1, 0.15) is 18.1 Å². The van der Waals surface area contributed by atoms with E-state index in [-0.39, 0.29) is 30.2 Å². The zero-order valence-corrected chi connectivity index (χ0v) is 22.1. The molecule has 0 bridgehead atoms. The van der Waals surface area contributed by atoms with Crippen LogP contribution in [0.5, 0.6) is 11.5 Å². The van der Waals surface area contributed by atoms with E-state index in [1.165, 1.54) is 6.26 Å².